The van der Waals surface area contributed by atoms with Crippen molar-refractivity contribution in [2.45, 2.75) is 38.8 Å². The molecule has 5 nitrogen and oxygen atoms in total. The largest absolute Gasteiger partial charge is 0.490 e. The maximum Gasteiger partial charge on any atom is 0.410 e. The van der Waals surface area contributed by atoms with Crippen molar-refractivity contribution < 1.29 is 18.7 Å². The van der Waals surface area contributed by atoms with Crippen LogP contribution < -0.4 is 4.74 Å². The van der Waals surface area contributed by atoms with Crippen LogP contribution in [0.5, 0.6) is 5.75 Å². The van der Waals surface area contributed by atoms with Crippen molar-refractivity contribution >= 4 is 6.09 Å². The molecule has 1 saturated heterocycles. The number of ether oxygens (including phenoxy) is 2. The van der Waals surface area contributed by atoms with E-state index < -0.39 is 5.60 Å². The SMILES string of the molecule is CC(C)(C)OC(=O)N1CC[C@H]1COc1cncc(C#Cc2cccc(F)c2)c1. The van der Waals surface area contributed by atoms with E-state index in [4.69, 9.17) is 9.47 Å². The fraction of sp³-hybridized carbons (Fsp3) is 0.364. The number of carbonyl (C=O) groups is 1. The normalized spacial score (nSPS) is 15.9. The van der Waals surface area contributed by atoms with E-state index in [1.54, 1.807) is 35.5 Å². The van der Waals surface area contributed by atoms with Crippen molar-refractivity contribution in [2.24, 2.45) is 0 Å². The molecule has 2 aromatic rings. The molecule has 0 radical (unpaired) electrons. The molecule has 0 aliphatic carbocycles. The summed E-state index contributed by atoms with van der Waals surface area (Å²) >= 11 is 0. The van der Waals surface area contributed by atoms with Crippen LogP contribution in [0.4, 0.5) is 9.18 Å². The molecule has 1 atom stereocenters. The number of amides is 1. The number of halogens is 1. The monoisotopic (exact) mass is 382 g/mol. The Hall–Kier alpha value is -3.07. The second kappa shape index (κ2) is 8.30. The van der Waals surface area contributed by atoms with Gasteiger partial charge < -0.3 is 14.4 Å². The molecule has 146 valence electrons. The molecular formula is C22H23FN2O3. The van der Waals surface area contributed by atoms with E-state index in [0.29, 0.717) is 30.0 Å². The number of hydrogen-bond donors (Lipinski definition) is 0. The van der Waals surface area contributed by atoms with Crippen LogP contribution in [0.2, 0.25) is 0 Å². The Labute approximate surface area is 164 Å². The number of benzene rings is 1. The molecule has 1 aromatic heterocycles. The highest BCUT2D eigenvalue weighted by molar-refractivity contribution is 5.69. The van der Waals surface area contributed by atoms with E-state index in [1.165, 1.54) is 12.1 Å². The highest BCUT2D eigenvalue weighted by Crippen LogP contribution is 2.22. The number of nitrogens with zero attached hydrogens (tertiary/aromatic N) is 2. The van der Waals surface area contributed by atoms with Gasteiger partial charge in [-0.2, -0.15) is 0 Å². The summed E-state index contributed by atoms with van der Waals surface area (Å²) in [5, 5.41) is 0. The molecule has 1 aliphatic heterocycles. The maximum atomic E-state index is 13.2. The van der Waals surface area contributed by atoms with Gasteiger partial charge in [0.15, 0.2) is 0 Å². The molecule has 1 aliphatic rings. The molecular weight excluding hydrogens is 359 g/mol. The summed E-state index contributed by atoms with van der Waals surface area (Å²) in [4.78, 5) is 18.0. The fourth-order valence-corrected chi connectivity index (χ4v) is 2.64. The van der Waals surface area contributed by atoms with Gasteiger partial charge in [-0.15, -0.1) is 0 Å². The Morgan fingerprint density at radius 3 is 2.71 bits per heavy atom. The predicted molar refractivity (Wildman–Crippen MR) is 103 cm³/mol. The van der Waals surface area contributed by atoms with Crippen molar-refractivity contribution in [1.82, 2.24) is 9.88 Å². The van der Waals surface area contributed by atoms with E-state index in [-0.39, 0.29) is 18.0 Å². The standard InChI is InChI=1S/C22H23FN2O3/c1-22(2,3)28-21(26)25-10-9-19(25)15-27-20-12-17(13-24-14-20)8-7-16-5-4-6-18(23)11-16/h4-6,11-14,19H,9-10,15H2,1-3H3/t19-/m0/s1. The minimum atomic E-state index is -0.517. The lowest BCUT2D eigenvalue weighted by Crippen LogP contribution is -2.55. The second-order valence-electron chi connectivity index (χ2n) is 7.60. The molecule has 1 fully saturated rings. The third-order valence-corrected chi connectivity index (χ3v) is 4.10. The first-order chi connectivity index (χ1) is 13.3. The molecule has 1 aromatic carbocycles. The summed E-state index contributed by atoms with van der Waals surface area (Å²) in [6, 6.07) is 7.87. The number of carbonyl (C=O) groups excluding carboxylic acids is 1. The number of likely N-dealkylation sites (tertiary alicyclic amines) is 1. The number of aromatic nitrogens is 1. The van der Waals surface area contributed by atoms with Gasteiger partial charge in [-0.05, 0) is 51.5 Å². The Bertz CT molecular complexity index is 912. The fourth-order valence-electron chi connectivity index (χ4n) is 2.64. The zero-order valence-corrected chi connectivity index (χ0v) is 16.2. The molecule has 3 rings (SSSR count). The van der Waals surface area contributed by atoms with E-state index in [9.17, 15) is 9.18 Å². The smallest absolute Gasteiger partial charge is 0.410 e. The molecule has 28 heavy (non-hydrogen) atoms. The molecule has 0 bridgehead atoms. The quantitative estimate of drug-likeness (QED) is 0.753. The molecule has 0 N–H and O–H groups in total. The van der Waals surface area contributed by atoms with Crippen LogP contribution in [-0.4, -0.2) is 40.8 Å². The average molecular weight is 382 g/mol. The zero-order valence-electron chi connectivity index (χ0n) is 16.2. The summed E-state index contributed by atoms with van der Waals surface area (Å²) in [6.07, 6.45) is 3.77. The van der Waals surface area contributed by atoms with Crippen molar-refractivity contribution in [3.63, 3.8) is 0 Å². The van der Waals surface area contributed by atoms with Gasteiger partial charge in [0.05, 0.1) is 12.2 Å². The van der Waals surface area contributed by atoms with Crippen molar-refractivity contribution in [3.05, 3.63) is 59.7 Å². The van der Waals surface area contributed by atoms with Crippen LogP contribution in [0, 0.1) is 17.7 Å². The predicted octanol–water partition coefficient (Wildman–Crippen LogP) is 4.01. The van der Waals surface area contributed by atoms with Crippen molar-refractivity contribution in [2.75, 3.05) is 13.2 Å². The van der Waals surface area contributed by atoms with Crippen LogP contribution in [0.15, 0.2) is 42.7 Å². The van der Waals surface area contributed by atoms with Gasteiger partial charge in [-0.1, -0.05) is 17.9 Å². The summed E-state index contributed by atoms with van der Waals surface area (Å²) in [7, 11) is 0. The highest BCUT2D eigenvalue weighted by Gasteiger charge is 2.35. The van der Waals surface area contributed by atoms with Gasteiger partial charge in [0.2, 0.25) is 0 Å². The Morgan fingerprint density at radius 2 is 2.04 bits per heavy atom. The van der Waals surface area contributed by atoms with Gasteiger partial charge in [0.25, 0.3) is 0 Å². The lowest BCUT2D eigenvalue weighted by atomic mass is 10.1. The summed E-state index contributed by atoms with van der Waals surface area (Å²) in [5.41, 5.74) is 0.740. The topological polar surface area (TPSA) is 51.7 Å². The van der Waals surface area contributed by atoms with Crippen LogP contribution in [0.3, 0.4) is 0 Å². The lowest BCUT2D eigenvalue weighted by Gasteiger charge is -2.40. The number of rotatable bonds is 3. The van der Waals surface area contributed by atoms with E-state index in [2.05, 4.69) is 16.8 Å². The second-order valence-corrected chi connectivity index (χ2v) is 7.60. The third-order valence-electron chi connectivity index (χ3n) is 4.10. The Kier molecular flexibility index (Phi) is 5.84. The third kappa shape index (κ3) is 5.46. The summed E-state index contributed by atoms with van der Waals surface area (Å²) in [5.74, 6) is 6.11. The highest BCUT2D eigenvalue weighted by atomic mass is 19.1. The molecule has 6 heteroatoms. The molecule has 0 saturated carbocycles. The minimum Gasteiger partial charge on any atom is -0.490 e. The molecule has 2 heterocycles. The van der Waals surface area contributed by atoms with Crippen LogP contribution in [0.1, 0.15) is 38.3 Å². The van der Waals surface area contributed by atoms with Crippen LogP contribution >= 0.6 is 0 Å². The number of pyridine rings is 1. The molecule has 0 unspecified atom stereocenters. The zero-order chi connectivity index (χ0) is 20.1. The first-order valence-electron chi connectivity index (χ1n) is 9.15. The van der Waals surface area contributed by atoms with E-state index in [1.807, 2.05) is 20.8 Å². The minimum absolute atomic E-state index is 0.0168. The van der Waals surface area contributed by atoms with Gasteiger partial charge in [0, 0.05) is 23.9 Å². The first-order valence-corrected chi connectivity index (χ1v) is 9.15. The van der Waals surface area contributed by atoms with Crippen LogP contribution in [0.25, 0.3) is 0 Å². The Morgan fingerprint density at radius 1 is 1.25 bits per heavy atom. The van der Waals surface area contributed by atoms with Gasteiger partial charge in [-0.3, -0.25) is 4.98 Å². The van der Waals surface area contributed by atoms with Crippen molar-refractivity contribution in [1.29, 1.82) is 0 Å². The first kappa shape index (κ1) is 19.7. The van der Waals surface area contributed by atoms with Gasteiger partial charge in [0.1, 0.15) is 23.8 Å². The van der Waals surface area contributed by atoms with Crippen LogP contribution in [-0.2, 0) is 4.74 Å². The lowest BCUT2D eigenvalue weighted by molar-refractivity contribution is -0.0141. The molecule has 1 amide bonds. The Balaban J connectivity index is 1.58. The van der Waals surface area contributed by atoms with Gasteiger partial charge in [-0.25, -0.2) is 9.18 Å². The average Bonchev–Trinajstić information content (AvgIpc) is 2.58. The maximum absolute atomic E-state index is 13.2. The summed E-state index contributed by atoms with van der Waals surface area (Å²) in [6.45, 7) is 6.57. The van der Waals surface area contributed by atoms with Gasteiger partial charge >= 0.3 is 6.09 Å². The van der Waals surface area contributed by atoms with E-state index in [0.717, 1.165) is 6.42 Å². The molecule has 0 spiro atoms. The van der Waals surface area contributed by atoms with Crippen molar-refractivity contribution in [3.8, 4) is 17.6 Å². The van der Waals surface area contributed by atoms with E-state index >= 15 is 0 Å². The number of hydrogen-bond acceptors (Lipinski definition) is 4. The summed E-state index contributed by atoms with van der Waals surface area (Å²) < 4.78 is 24.4.